The second-order valence-electron chi connectivity index (χ2n) is 6.95. The van der Waals surface area contributed by atoms with E-state index in [1.807, 2.05) is 35.2 Å². The lowest BCUT2D eigenvalue weighted by atomic mass is 9.95. The number of carbonyl (C=O) groups excluding carboxylic acids is 2. The fraction of sp³-hybridized carbons (Fsp3) is 0.474. The first-order valence-electron chi connectivity index (χ1n) is 9.28. The topological polar surface area (TPSA) is 71.3 Å². The van der Waals surface area contributed by atoms with Crippen LogP contribution in [0.3, 0.4) is 0 Å². The SMILES string of the molecule is O=C(c1cnn(-c2ccccc2)n1)N1CCC(C(=O)N2CCCC2)CC1. The van der Waals surface area contributed by atoms with E-state index in [0.29, 0.717) is 18.8 Å². The lowest BCUT2D eigenvalue weighted by Gasteiger charge is -2.32. The van der Waals surface area contributed by atoms with Gasteiger partial charge in [0.05, 0.1) is 11.9 Å². The molecule has 0 spiro atoms. The van der Waals surface area contributed by atoms with Crippen molar-refractivity contribution in [2.75, 3.05) is 26.2 Å². The predicted octanol–water partition coefficient (Wildman–Crippen LogP) is 1.74. The number of nitrogens with zero attached hydrogens (tertiary/aromatic N) is 5. The maximum absolute atomic E-state index is 12.7. The molecule has 136 valence electrons. The average molecular weight is 353 g/mol. The summed E-state index contributed by atoms with van der Waals surface area (Å²) in [5.74, 6) is 0.209. The fourth-order valence-electron chi connectivity index (χ4n) is 3.73. The van der Waals surface area contributed by atoms with Crippen LogP contribution in [0.25, 0.3) is 5.69 Å². The van der Waals surface area contributed by atoms with Crippen molar-refractivity contribution >= 4 is 11.8 Å². The summed E-state index contributed by atoms with van der Waals surface area (Å²) < 4.78 is 0. The highest BCUT2D eigenvalue weighted by molar-refractivity contribution is 5.92. The largest absolute Gasteiger partial charge is 0.342 e. The Morgan fingerprint density at radius 3 is 2.31 bits per heavy atom. The van der Waals surface area contributed by atoms with E-state index in [1.54, 1.807) is 4.90 Å². The van der Waals surface area contributed by atoms with Crippen LogP contribution in [0.5, 0.6) is 0 Å². The van der Waals surface area contributed by atoms with Crippen LogP contribution in [0.1, 0.15) is 36.2 Å². The molecule has 7 heteroatoms. The first-order chi connectivity index (χ1) is 12.7. The van der Waals surface area contributed by atoms with Crippen LogP contribution in [0.2, 0.25) is 0 Å². The van der Waals surface area contributed by atoms with E-state index in [9.17, 15) is 9.59 Å². The van der Waals surface area contributed by atoms with Gasteiger partial charge >= 0.3 is 0 Å². The van der Waals surface area contributed by atoms with E-state index < -0.39 is 0 Å². The smallest absolute Gasteiger partial charge is 0.276 e. The zero-order valence-corrected chi connectivity index (χ0v) is 14.8. The lowest BCUT2D eigenvalue weighted by molar-refractivity contribution is -0.135. The molecule has 26 heavy (non-hydrogen) atoms. The number of benzene rings is 1. The van der Waals surface area contributed by atoms with Crippen molar-refractivity contribution in [2.45, 2.75) is 25.7 Å². The number of likely N-dealkylation sites (tertiary alicyclic amines) is 2. The standard InChI is InChI=1S/C19H23N5O2/c25-18(22-10-4-5-11-22)15-8-12-23(13-9-15)19(26)17-14-20-24(21-17)16-6-2-1-3-7-16/h1-3,6-7,14-15H,4-5,8-13H2. The average Bonchev–Trinajstić information content (AvgIpc) is 3.40. The van der Waals surface area contributed by atoms with Crippen LogP contribution >= 0.6 is 0 Å². The summed E-state index contributed by atoms with van der Waals surface area (Å²) in [6, 6.07) is 9.52. The highest BCUT2D eigenvalue weighted by atomic mass is 16.2. The number of amides is 2. The second kappa shape index (κ2) is 7.27. The van der Waals surface area contributed by atoms with Gasteiger partial charge in [-0.2, -0.15) is 9.90 Å². The molecule has 2 saturated heterocycles. The van der Waals surface area contributed by atoms with Gasteiger partial charge in [0, 0.05) is 32.1 Å². The van der Waals surface area contributed by atoms with Gasteiger partial charge in [0.25, 0.3) is 5.91 Å². The molecule has 0 N–H and O–H groups in total. The van der Waals surface area contributed by atoms with Crippen LogP contribution in [-0.2, 0) is 4.79 Å². The van der Waals surface area contributed by atoms with Crippen LogP contribution in [0, 0.1) is 5.92 Å². The van der Waals surface area contributed by atoms with Gasteiger partial charge in [-0.05, 0) is 37.8 Å². The minimum atomic E-state index is -0.112. The van der Waals surface area contributed by atoms with E-state index in [1.165, 1.54) is 11.0 Å². The Kier molecular flexibility index (Phi) is 4.69. The Morgan fingerprint density at radius 2 is 1.62 bits per heavy atom. The fourth-order valence-corrected chi connectivity index (χ4v) is 3.73. The number of hydrogen-bond acceptors (Lipinski definition) is 4. The lowest BCUT2D eigenvalue weighted by Crippen LogP contribution is -2.43. The molecule has 4 rings (SSSR count). The molecule has 2 amide bonds. The molecule has 1 aromatic heterocycles. The number of aromatic nitrogens is 3. The van der Waals surface area contributed by atoms with Gasteiger partial charge in [-0.25, -0.2) is 0 Å². The molecular weight excluding hydrogens is 330 g/mol. The van der Waals surface area contributed by atoms with Crippen LogP contribution < -0.4 is 0 Å². The monoisotopic (exact) mass is 353 g/mol. The number of para-hydroxylation sites is 1. The molecule has 7 nitrogen and oxygen atoms in total. The molecule has 0 radical (unpaired) electrons. The maximum atomic E-state index is 12.7. The van der Waals surface area contributed by atoms with Crippen molar-refractivity contribution in [1.82, 2.24) is 24.8 Å². The molecule has 2 aliphatic heterocycles. The number of rotatable bonds is 3. The van der Waals surface area contributed by atoms with Gasteiger partial charge in [-0.3, -0.25) is 9.59 Å². The Balaban J connectivity index is 1.36. The molecule has 2 aliphatic rings. The van der Waals surface area contributed by atoms with Crippen LogP contribution in [0.15, 0.2) is 36.5 Å². The van der Waals surface area contributed by atoms with E-state index in [0.717, 1.165) is 44.5 Å². The van der Waals surface area contributed by atoms with E-state index in [2.05, 4.69) is 10.2 Å². The first kappa shape index (κ1) is 16.8. The molecule has 2 fully saturated rings. The number of piperidine rings is 1. The third kappa shape index (κ3) is 3.34. The summed E-state index contributed by atoms with van der Waals surface area (Å²) in [4.78, 5) is 30.4. The minimum absolute atomic E-state index is 0.0529. The van der Waals surface area contributed by atoms with Crippen LogP contribution in [-0.4, -0.2) is 62.8 Å². The van der Waals surface area contributed by atoms with Crippen molar-refractivity contribution < 1.29 is 9.59 Å². The van der Waals surface area contributed by atoms with E-state index >= 15 is 0 Å². The maximum Gasteiger partial charge on any atom is 0.276 e. The molecule has 0 bridgehead atoms. The summed E-state index contributed by atoms with van der Waals surface area (Å²) >= 11 is 0. The van der Waals surface area contributed by atoms with Gasteiger partial charge < -0.3 is 9.80 Å². The Labute approximate surface area is 152 Å². The summed E-state index contributed by atoms with van der Waals surface area (Å²) in [7, 11) is 0. The Bertz CT molecular complexity index is 774. The zero-order valence-electron chi connectivity index (χ0n) is 14.8. The first-order valence-corrected chi connectivity index (χ1v) is 9.28. The van der Waals surface area contributed by atoms with Gasteiger partial charge in [0.15, 0.2) is 5.69 Å². The minimum Gasteiger partial charge on any atom is -0.342 e. The van der Waals surface area contributed by atoms with Crippen molar-refractivity contribution in [2.24, 2.45) is 5.92 Å². The third-order valence-electron chi connectivity index (χ3n) is 5.25. The molecule has 0 unspecified atom stereocenters. The van der Waals surface area contributed by atoms with Gasteiger partial charge in [0.1, 0.15) is 0 Å². The Hall–Kier alpha value is -2.70. The summed E-state index contributed by atoms with van der Waals surface area (Å²) in [6.07, 6.45) is 5.19. The highest BCUT2D eigenvalue weighted by Gasteiger charge is 2.32. The van der Waals surface area contributed by atoms with E-state index in [-0.39, 0.29) is 17.7 Å². The van der Waals surface area contributed by atoms with Gasteiger partial charge in [0.2, 0.25) is 5.91 Å². The third-order valence-corrected chi connectivity index (χ3v) is 5.25. The molecule has 0 saturated carbocycles. The second-order valence-corrected chi connectivity index (χ2v) is 6.95. The quantitative estimate of drug-likeness (QED) is 0.843. The molecule has 2 aromatic rings. The van der Waals surface area contributed by atoms with Crippen LogP contribution in [0.4, 0.5) is 0 Å². The normalized spacial score (nSPS) is 18.3. The Morgan fingerprint density at radius 1 is 0.923 bits per heavy atom. The molecule has 0 aliphatic carbocycles. The highest BCUT2D eigenvalue weighted by Crippen LogP contribution is 2.23. The molecule has 3 heterocycles. The van der Waals surface area contributed by atoms with E-state index in [4.69, 9.17) is 0 Å². The van der Waals surface area contributed by atoms with Crippen molar-refractivity contribution in [3.63, 3.8) is 0 Å². The predicted molar refractivity (Wildman–Crippen MR) is 95.8 cm³/mol. The number of carbonyl (C=O) groups is 2. The van der Waals surface area contributed by atoms with Crippen molar-refractivity contribution in [3.05, 3.63) is 42.2 Å². The summed E-state index contributed by atoms with van der Waals surface area (Å²) in [5, 5.41) is 8.51. The zero-order chi connectivity index (χ0) is 17.9. The molecule has 0 atom stereocenters. The molecular formula is C19H23N5O2. The van der Waals surface area contributed by atoms with Gasteiger partial charge in [-0.1, -0.05) is 18.2 Å². The van der Waals surface area contributed by atoms with Gasteiger partial charge in [-0.15, -0.1) is 5.10 Å². The van der Waals surface area contributed by atoms with Crippen molar-refractivity contribution in [1.29, 1.82) is 0 Å². The summed E-state index contributed by atoms with van der Waals surface area (Å²) in [5.41, 5.74) is 1.17. The summed E-state index contributed by atoms with van der Waals surface area (Å²) in [6.45, 7) is 2.98. The molecule has 1 aromatic carbocycles. The number of hydrogen-bond donors (Lipinski definition) is 0. The van der Waals surface area contributed by atoms with Crippen molar-refractivity contribution in [3.8, 4) is 5.69 Å².